The van der Waals surface area contributed by atoms with Crippen molar-refractivity contribution < 1.29 is 23.1 Å². The highest BCUT2D eigenvalue weighted by Gasteiger charge is 2.28. The number of carbonyl (C=O) groups excluding carboxylic acids is 1. The monoisotopic (exact) mass is 613 g/mol. The number of fused-ring (bicyclic) bond motifs is 1. The average Bonchev–Trinajstić information content (AvgIpc) is 3.49. The summed E-state index contributed by atoms with van der Waals surface area (Å²) in [5.74, 6) is -0.372. The lowest BCUT2D eigenvalue weighted by Gasteiger charge is -2.31. The summed E-state index contributed by atoms with van der Waals surface area (Å²) in [7, 11) is -1.69. The third-order valence-electron chi connectivity index (χ3n) is 6.72. The standard InChI is InChI=1S/C24H28BrN5O5S.ClH/c1-29-6-8-30(9-7-29)36(33,34)16-4-5-20(26-14-16)22-18-11-17(19(25)12-21(18)28-24(22)32)23(31)27-13-15-3-2-10-35-15;/h4-5,11-12,14-15,28,32H,2-3,6-10,13H2,1H3,(H,27,31);1H. The van der Waals surface area contributed by atoms with Crippen molar-refractivity contribution in [2.75, 3.05) is 46.4 Å². The molecule has 37 heavy (non-hydrogen) atoms. The number of sulfonamides is 1. The Bertz CT molecular complexity index is 1380. The Balaban J connectivity index is 0.00000320. The van der Waals surface area contributed by atoms with E-state index in [4.69, 9.17) is 4.74 Å². The number of halogens is 2. The third-order valence-corrected chi connectivity index (χ3v) is 9.26. The number of hydrogen-bond acceptors (Lipinski definition) is 7. The van der Waals surface area contributed by atoms with E-state index in [1.54, 1.807) is 18.2 Å². The predicted molar refractivity (Wildman–Crippen MR) is 146 cm³/mol. The maximum absolute atomic E-state index is 13.0. The van der Waals surface area contributed by atoms with Crippen molar-refractivity contribution in [2.24, 2.45) is 0 Å². The number of carbonyl (C=O) groups is 1. The van der Waals surface area contributed by atoms with E-state index >= 15 is 0 Å². The van der Waals surface area contributed by atoms with Crippen LogP contribution < -0.4 is 5.32 Å². The Morgan fingerprint density at radius 1 is 1.27 bits per heavy atom. The van der Waals surface area contributed by atoms with E-state index in [0.717, 1.165) is 12.8 Å². The van der Waals surface area contributed by atoms with Crippen molar-refractivity contribution in [1.29, 1.82) is 0 Å². The van der Waals surface area contributed by atoms with Gasteiger partial charge in [0.25, 0.3) is 5.91 Å². The zero-order valence-corrected chi connectivity index (χ0v) is 23.5. The Morgan fingerprint density at radius 2 is 2.03 bits per heavy atom. The molecule has 2 aliphatic heterocycles. The van der Waals surface area contributed by atoms with E-state index in [-0.39, 0.29) is 35.2 Å². The van der Waals surface area contributed by atoms with Crippen LogP contribution in [0.1, 0.15) is 23.2 Å². The molecule has 0 saturated carbocycles. The largest absolute Gasteiger partial charge is 0.494 e. The number of rotatable bonds is 6. The molecule has 0 bridgehead atoms. The molecule has 200 valence electrons. The van der Waals surface area contributed by atoms with Gasteiger partial charge in [-0.2, -0.15) is 4.31 Å². The van der Waals surface area contributed by atoms with Crippen LogP contribution in [0.25, 0.3) is 22.2 Å². The number of ether oxygens (including phenoxy) is 1. The molecule has 2 aliphatic rings. The third kappa shape index (κ3) is 5.64. The second-order valence-corrected chi connectivity index (χ2v) is 12.0. The van der Waals surface area contributed by atoms with E-state index in [1.165, 1.54) is 16.6 Å². The van der Waals surface area contributed by atoms with Crippen LogP contribution in [0.3, 0.4) is 0 Å². The van der Waals surface area contributed by atoms with Crippen LogP contribution in [0, 0.1) is 0 Å². The number of aromatic hydroxyl groups is 1. The summed E-state index contributed by atoms with van der Waals surface area (Å²) in [5, 5.41) is 14.2. The minimum absolute atomic E-state index is 0. The van der Waals surface area contributed by atoms with Crippen molar-refractivity contribution in [1.82, 2.24) is 24.5 Å². The number of nitrogens with zero attached hydrogens (tertiary/aromatic N) is 3. The first-order valence-corrected chi connectivity index (χ1v) is 14.1. The van der Waals surface area contributed by atoms with E-state index in [9.17, 15) is 18.3 Å². The first-order valence-electron chi connectivity index (χ1n) is 11.8. The lowest BCUT2D eigenvalue weighted by atomic mass is 10.1. The van der Waals surface area contributed by atoms with Crippen LogP contribution in [0.5, 0.6) is 5.88 Å². The Morgan fingerprint density at radius 3 is 2.68 bits per heavy atom. The summed E-state index contributed by atoms with van der Waals surface area (Å²) >= 11 is 3.45. The SMILES string of the molecule is CN1CCN(S(=O)(=O)c2ccc(-c3c(O)[nH]c4cc(Br)c(C(=O)NCC5CCCO5)cc34)nc2)CC1.Cl. The topological polar surface area (TPSA) is 128 Å². The predicted octanol–water partition coefficient (Wildman–Crippen LogP) is 2.96. The molecule has 1 amide bonds. The highest BCUT2D eigenvalue weighted by atomic mass is 79.9. The van der Waals surface area contributed by atoms with Gasteiger partial charge < -0.3 is 25.0 Å². The minimum Gasteiger partial charge on any atom is -0.494 e. The van der Waals surface area contributed by atoms with E-state index in [2.05, 4.69) is 36.1 Å². The molecule has 10 nitrogen and oxygen atoms in total. The van der Waals surface area contributed by atoms with Gasteiger partial charge in [0.15, 0.2) is 5.88 Å². The number of piperazine rings is 1. The maximum Gasteiger partial charge on any atom is 0.252 e. The summed E-state index contributed by atoms with van der Waals surface area (Å²) in [6.45, 7) is 3.34. The van der Waals surface area contributed by atoms with Crippen molar-refractivity contribution >= 4 is 55.2 Å². The van der Waals surface area contributed by atoms with Gasteiger partial charge in [0.1, 0.15) is 4.90 Å². The van der Waals surface area contributed by atoms with Gasteiger partial charge in [-0.1, -0.05) is 0 Å². The number of benzene rings is 1. The van der Waals surface area contributed by atoms with Gasteiger partial charge in [0, 0.05) is 55.4 Å². The summed E-state index contributed by atoms with van der Waals surface area (Å²) in [6, 6.07) is 6.49. The number of pyridine rings is 1. The number of aromatic nitrogens is 2. The first-order chi connectivity index (χ1) is 17.2. The van der Waals surface area contributed by atoms with Crippen LogP contribution in [0.15, 0.2) is 39.8 Å². The molecule has 13 heteroatoms. The zero-order chi connectivity index (χ0) is 25.4. The average molecular weight is 615 g/mol. The van der Waals surface area contributed by atoms with Gasteiger partial charge in [-0.3, -0.25) is 9.78 Å². The number of amides is 1. The quantitative estimate of drug-likeness (QED) is 0.390. The molecule has 1 unspecified atom stereocenters. The van der Waals surface area contributed by atoms with Gasteiger partial charge in [0.05, 0.1) is 28.4 Å². The van der Waals surface area contributed by atoms with E-state index in [1.807, 2.05) is 7.05 Å². The highest BCUT2D eigenvalue weighted by Crippen LogP contribution is 2.38. The minimum atomic E-state index is -3.66. The molecule has 0 radical (unpaired) electrons. The van der Waals surface area contributed by atoms with E-state index < -0.39 is 10.0 Å². The van der Waals surface area contributed by atoms with Crippen LogP contribution in [0.2, 0.25) is 0 Å². The van der Waals surface area contributed by atoms with Crippen LogP contribution in [-0.4, -0.2) is 91.1 Å². The first kappa shape index (κ1) is 27.8. The van der Waals surface area contributed by atoms with Gasteiger partial charge in [-0.15, -0.1) is 12.4 Å². The molecular formula is C24H29BrClN5O5S. The zero-order valence-electron chi connectivity index (χ0n) is 20.2. The molecule has 3 N–H and O–H groups in total. The normalized spacial score (nSPS) is 19.1. The summed E-state index contributed by atoms with van der Waals surface area (Å²) in [4.78, 5) is 22.4. The number of nitrogens with one attached hydrogen (secondary N) is 2. The molecule has 1 atom stereocenters. The van der Waals surface area contributed by atoms with Crippen LogP contribution >= 0.6 is 28.3 Å². The molecule has 0 spiro atoms. The second kappa shape index (κ2) is 11.3. The number of aromatic amines is 1. The summed E-state index contributed by atoms with van der Waals surface area (Å²) in [5.41, 5.74) is 1.81. The molecular weight excluding hydrogens is 586 g/mol. The van der Waals surface area contributed by atoms with Crippen molar-refractivity contribution in [3.05, 3.63) is 40.5 Å². The summed E-state index contributed by atoms with van der Waals surface area (Å²) < 4.78 is 33.7. The molecule has 0 aliphatic carbocycles. The lowest BCUT2D eigenvalue weighted by Crippen LogP contribution is -2.47. The lowest BCUT2D eigenvalue weighted by molar-refractivity contribution is 0.0857. The van der Waals surface area contributed by atoms with Gasteiger partial charge in [-0.05, 0) is 60.1 Å². The molecule has 5 rings (SSSR count). The Labute approximate surface area is 230 Å². The number of hydrogen-bond donors (Lipinski definition) is 3. The molecule has 2 saturated heterocycles. The molecule has 2 fully saturated rings. The molecule has 4 heterocycles. The van der Waals surface area contributed by atoms with Gasteiger partial charge >= 0.3 is 0 Å². The summed E-state index contributed by atoms with van der Waals surface area (Å²) in [6.07, 6.45) is 3.25. The number of H-pyrrole nitrogens is 1. The highest BCUT2D eigenvalue weighted by molar-refractivity contribution is 9.10. The number of likely N-dealkylation sites (N-methyl/N-ethyl adjacent to an activating group) is 1. The van der Waals surface area contributed by atoms with Crippen molar-refractivity contribution in [3.63, 3.8) is 0 Å². The fourth-order valence-electron chi connectivity index (χ4n) is 4.60. The van der Waals surface area contributed by atoms with Gasteiger partial charge in [-0.25, -0.2) is 8.42 Å². The molecule has 1 aromatic carbocycles. The molecule has 2 aromatic heterocycles. The van der Waals surface area contributed by atoms with Gasteiger partial charge in [0.2, 0.25) is 10.0 Å². The van der Waals surface area contributed by atoms with Crippen molar-refractivity contribution in [2.45, 2.75) is 23.8 Å². The maximum atomic E-state index is 13.0. The van der Waals surface area contributed by atoms with Crippen LogP contribution in [-0.2, 0) is 14.8 Å². The smallest absolute Gasteiger partial charge is 0.252 e. The van der Waals surface area contributed by atoms with E-state index in [0.29, 0.717) is 71.5 Å². The fraction of sp³-hybridized carbons (Fsp3) is 0.417. The Kier molecular flexibility index (Phi) is 8.46. The second-order valence-electron chi connectivity index (χ2n) is 9.16. The van der Waals surface area contributed by atoms with Crippen LogP contribution in [0.4, 0.5) is 0 Å². The Hall–Kier alpha value is -2.22. The molecule has 3 aromatic rings. The fourth-order valence-corrected chi connectivity index (χ4v) is 6.49. The van der Waals surface area contributed by atoms with Crippen molar-refractivity contribution in [3.8, 4) is 17.1 Å².